The molecule has 2 amide bonds. The third-order valence-corrected chi connectivity index (χ3v) is 4.26. The molecule has 3 N–H and O–H groups in total. The predicted octanol–water partition coefficient (Wildman–Crippen LogP) is 1.29. The number of amides is 2. The van der Waals surface area contributed by atoms with E-state index < -0.39 is 12.1 Å². The van der Waals surface area contributed by atoms with E-state index in [-0.39, 0.29) is 12.1 Å². The molecule has 1 aliphatic heterocycles. The van der Waals surface area contributed by atoms with Crippen molar-refractivity contribution in [2.24, 2.45) is 0 Å². The van der Waals surface area contributed by atoms with Crippen LogP contribution in [-0.4, -0.2) is 67.6 Å². The number of rotatable bonds is 7. The van der Waals surface area contributed by atoms with Gasteiger partial charge in [0.25, 0.3) is 0 Å². The Kier molecular flexibility index (Phi) is 6.84. The molecule has 1 aliphatic rings. The van der Waals surface area contributed by atoms with Crippen LogP contribution < -0.4 is 15.4 Å². The van der Waals surface area contributed by atoms with E-state index in [1.165, 1.54) is 0 Å². The van der Waals surface area contributed by atoms with Gasteiger partial charge >= 0.3 is 6.03 Å². The van der Waals surface area contributed by atoms with Crippen LogP contribution in [0, 0.1) is 0 Å². The number of hydrogen-bond acceptors (Lipinski definition) is 5. The maximum absolute atomic E-state index is 12.1. The topological polar surface area (TPSA) is 83.1 Å². The molecule has 1 fully saturated rings. The summed E-state index contributed by atoms with van der Waals surface area (Å²) >= 11 is 0. The standard InChI is InChI=1S/C17H27N3O4/c1-4-20(5-2)10-15-16(21)14(11-24-15)19-17(22)18-12-7-6-8-13(9-12)23-3/h6-9,14-16,21H,4-5,10-11H2,1-3H3,(H2,18,19,22). The second-order valence-electron chi connectivity index (χ2n) is 5.79. The Bertz CT molecular complexity index is 536. The highest BCUT2D eigenvalue weighted by Crippen LogP contribution is 2.18. The zero-order valence-corrected chi connectivity index (χ0v) is 14.5. The Morgan fingerprint density at radius 3 is 2.83 bits per heavy atom. The zero-order chi connectivity index (χ0) is 17.5. The molecule has 1 aromatic rings. The average Bonchev–Trinajstić information content (AvgIpc) is 2.92. The molecule has 1 heterocycles. The third kappa shape index (κ3) is 4.83. The summed E-state index contributed by atoms with van der Waals surface area (Å²) in [4.78, 5) is 14.3. The van der Waals surface area contributed by atoms with Crippen molar-refractivity contribution in [2.45, 2.75) is 32.1 Å². The lowest BCUT2D eigenvalue weighted by molar-refractivity contribution is 0.0173. The Morgan fingerprint density at radius 1 is 1.42 bits per heavy atom. The lowest BCUT2D eigenvalue weighted by atomic mass is 10.1. The average molecular weight is 337 g/mol. The van der Waals surface area contributed by atoms with Gasteiger partial charge in [-0.25, -0.2) is 4.79 Å². The van der Waals surface area contributed by atoms with E-state index in [1.54, 1.807) is 31.4 Å². The summed E-state index contributed by atoms with van der Waals surface area (Å²) in [6.45, 7) is 6.90. The normalized spacial score (nSPS) is 23.3. The van der Waals surface area contributed by atoms with Crippen molar-refractivity contribution in [3.63, 3.8) is 0 Å². The number of ether oxygens (including phenoxy) is 2. The summed E-state index contributed by atoms with van der Waals surface area (Å²) < 4.78 is 10.8. The molecule has 3 atom stereocenters. The number of aliphatic hydroxyl groups excluding tert-OH is 1. The molecular weight excluding hydrogens is 310 g/mol. The first-order valence-corrected chi connectivity index (χ1v) is 8.31. The van der Waals surface area contributed by atoms with E-state index >= 15 is 0 Å². The molecule has 0 radical (unpaired) electrons. The highest BCUT2D eigenvalue weighted by Gasteiger charge is 2.37. The van der Waals surface area contributed by atoms with Gasteiger partial charge in [-0.3, -0.25) is 0 Å². The van der Waals surface area contributed by atoms with Gasteiger partial charge in [-0.15, -0.1) is 0 Å². The monoisotopic (exact) mass is 337 g/mol. The third-order valence-electron chi connectivity index (χ3n) is 4.26. The molecule has 0 bridgehead atoms. The SMILES string of the molecule is CCN(CC)CC1OCC(NC(=O)Nc2cccc(OC)c2)C1O. The van der Waals surface area contributed by atoms with Crippen LogP contribution in [-0.2, 0) is 4.74 Å². The summed E-state index contributed by atoms with van der Waals surface area (Å²) in [5, 5.41) is 15.9. The first-order chi connectivity index (χ1) is 11.6. The van der Waals surface area contributed by atoms with Crippen molar-refractivity contribution in [2.75, 3.05) is 38.7 Å². The maximum atomic E-state index is 12.1. The molecule has 1 aromatic carbocycles. The number of likely N-dealkylation sites (N-methyl/N-ethyl adjacent to an activating group) is 1. The van der Waals surface area contributed by atoms with Crippen molar-refractivity contribution < 1.29 is 19.4 Å². The number of carbonyl (C=O) groups excluding carboxylic acids is 1. The predicted molar refractivity (Wildman–Crippen MR) is 92.5 cm³/mol. The number of benzene rings is 1. The minimum Gasteiger partial charge on any atom is -0.497 e. The van der Waals surface area contributed by atoms with Crippen LogP contribution in [0.15, 0.2) is 24.3 Å². The zero-order valence-electron chi connectivity index (χ0n) is 14.5. The first kappa shape index (κ1) is 18.5. The van der Waals surface area contributed by atoms with Gasteiger partial charge in [-0.05, 0) is 25.2 Å². The number of urea groups is 1. The van der Waals surface area contributed by atoms with Gasteiger partial charge in [0.15, 0.2) is 0 Å². The Morgan fingerprint density at radius 2 is 2.17 bits per heavy atom. The number of nitrogens with one attached hydrogen (secondary N) is 2. The second kappa shape index (κ2) is 8.86. The van der Waals surface area contributed by atoms with Crippen molar-refractivity contribution in [1.29, 1.82) is 0 Å². The summed E-state index contributed by atoms with van der Waals surface area (Å²) in [6.07, 6.45) is -1.01. The summed E-state index contributed by atoms with van der Waals surface area (Å²) in [6, 6.07) is 6.30. The maximum Gasteiger partial charge on any atom is 0.319 e. The molecule has 2 rings (SSSR count). The number of hydrogen-bond donors (Lipinski definition) is 3. The van der Waals surface area contributed by atoms with Gasteiger partial charge in [-0.1, -0.05) is 19.9 Å². The van der Waals surface area contributed by atoms with Gasteiger partial charge in [0, 0.05) is 18.3 Å². The minimum atomic E-state index is -0.721. The van der Waals surface area contributed by atoms with Crippen LogP contribution >= 0.6 is 0 Å². The van der Waals surface area contributed by atoms with Crippen LogP contribution in [0.4, 0.5) is 10.5 Å². The van der Waals surface area contributed by atoms with Gasteiger partial charge in [0.1, 0.15) is 11.9 Å². The number of aliphatic hydroxyl groups is 1. The Balaban J connectivity index is 1.85. The number of nitrogens with zero attached hydrogens (tertiary/aromatic N) is 1. The molecular formula is C17H27N3O4. The molecule has 0 saturated carbocycles. The van der Waals surface area contributed by atoms with Crippen molar-refractivity contribution >= 4 is 11.7 Å². The molecule has 7 heteroatoms. The summed E-state index contributed by atoms with van der Waals surface area (Å²) in [7, 11) is 1.57. The van der Waals surface area contributed by atoms with Crippen molar-refractivity contribution in [3.8, 4) is 5.75 Å². The largest absolute Gasteiger partial charge is 0.497 e. The lowest BCUT2D eigenvalue weighted by Crippen LogP contribution is -2.48. The van der Waals surface area contributed by atoms with Crippen LogP contribution in [0.2, 0.25) is 0 Å². The highest BCUT2D eigenvalue weighted by atomic mass is 16.5. The molecule has 7 nitrogen and oxygen atoms in total. The minimum absolute atomic E-state index is 0.285. The molecule has 0 spiro atoms. The van der Waals surface area contributed by atoms with Crippen LogP contribution in [0.25, 0.3) is 0 Å². The molecule has 0 aliphatic carbocycles. The number of methoxy groups -OCH3 is 1. The van der Waals surface area contributed by atoms with Gasteiger partial charge in [0.05, 0.1) is 25.9 Å². The fourth-order valence-corrected chi connectivity index (χ4v) is 2.74. The van der Waals surface area contributed by atoms with Gasteiger partial charge < -0.3 is 30.1 Å². The van der Waals surface area contributed by atoms with E-state index in [0.29, 0.717) is 24.6 Å². The highest BCUT2D eigenvalue weighted by molar-refractivity contribution is 5.89. The van der Waals surface area contributed by atoms with E-state index in [2.05, 4.69) is 29.4 Å². The lowest BCUT2D eigenvalue weighted by Gasteiger charge is -2.24. The van der Waals surface area contributed by atoms with Crippen molar-refractivity contribution in [3.05, 3.63) is 24.3 Å². The van der Waals surface area contributed by atoms with E-state index in [1.807, 2.05) is 0 Å². The van der Waals surface area contributed by atoms with Gasteiger partial charge in [0.2, 0.25) is 0 Å². The smallest absolute Gasteiger partial charge is 0.319 e. The molecule has 3 unspecified atom stereocenters. The van der Waals surface area contributed by atoms with E-state index in [0.717, 1.165) is 13.1 Å². The first-order valence-electron chi connectivity index (χ1n) is 8.31. The Hall–Kier alpha value is -1.83. The van der Waals surface area contributed by atoms with Crippen LogP contribution in [0.5, 0.6) is 5.75 Å². The summed E-state index contributed by atoms with van der Waals surface area (Å²) in [5.74, 6) is 0.663. The quantitative estimate of drug-likeness (QED) is 0.698. The second-order valence-corrected chi connectivity index (χ2v) is 5.79. The van der Waals surface area contributed by atoms with Gasteiger partial charge in [-0.2, -0.15) is 0 Å². The van der Waals surface area contributed by atoms with Crippen molar-refractivity contribution in [1.82, 2.24) is 10.2 Å². The van der Waals surface area contributed by atoms with Crippen LogP contribution in [0.3, 0.4) is 0 Å². The van der Waals surface area contributed by atoms with E-state index in [4.69, 9.17) is 9.47 Å². The van der Waals surface area contributed by atoms with Crippen LogP contribution in [0.1, 0.15) is 13.8 Å². The number of carbonyl (C=O) groups is 1. The molecule has 24 heavy (non-hydrogen) atoms. The Labute approximate surface area is 142 Å². The fourth-order valence-electron chi connectivity index (χ4n) is 2.74. The molecule has 0 aromatic heterocycles. The summed E-state index contributed by atoms with van der Waals surface area (Å²) in [5.41, 5.74) is 0.625. The molecule has 1 saturated heterocycles. The van der Waals surface area contributed by atoms with E-state index in [9.17, 15) is 9.90 Å². The fraction of sp³-hybridized carbons (Fsp3) is 0.588. The molecule has 134 valence electrons. The number of anilines is 1.